The first-order chi connectivity index (χ1) is 15.3. The van der Waals surface area contributed by atoms with Crippen LogP contribution >= 0.6 is 0 Å². The molecule has 0 N–H and O–H groups in total. The standard InChI is InChI=1S/C23H25N5O4/c1-16(29)27(3)11-12-28(4)21-14-24-15-23(26-21)32-20-8-5-18(6-9-20)19-7-10-22(25-13-19)31-17(2)30/h5-10,13-15H,11-12H2,1-4H3. The maximum absolute atomic E-state index is 11.4. The molecular weight excluding hydrogens is 410 g/mol. The average molecular weight is 435 g/mol. The van der Waals surface area contributed by atoms with Gasteiger partial charge < -0.3 is 19.3 Å². The number of amides is 1. The van der Waals surface area contributed by atoms with Crippen LogP contribution < -0.4 is 14.4 Å². The summed E-state index contributed by atoms with van der Waals surface area (Å²) in [5.74, 6) is 1.50. The number of rotatable bonds is 8. The monoisotopic (exact) mass is 435 g/mol. The lowest BCUT2D eigenvalue weighted by molar-refractivity contribution is -0.132. The van der Waals surface area contributed by atoms with Gasteiger partial charge in [-0.2, -0.15) is 4.98 Å². The van der Waals surface area contributed by atoms with E-state index in [1.54, 1.807) is 36.6 Å². The Hall–Kier alpha value is -4.01. The third-order valence-corrected chi connectivity index (χ3v) is 4.69. The van der Waals surface area contributed by atoms with Crippen molar-refractivity contribution in [2.24, 2.45) is 0 Å². The first-order valence-corrected chi connectivity index (χ1v) is 9.99. The van der Waals surface area contributed by atoms with Crippen LogP contribution in [-0.2, 0) is 9.59 Å². The summed E-state index contributed by atoms with van der Waals surface area (Å²) in [6, 6.07) is 10.9. The number of anilines is 1. The van der Waals surface area contributed by atoms with Crippen LogP contribution in [0.15, 0.2) is 55.0 Å². The Labute approximate surface area is 186 Å². The molecule has 1 amide bonds. The van der Waals surface area contributed by atoms with E-state index < -0.39 is 5.97 Å². The van der Waals surface area contributed by atoms with Crippen molar-refractivity contribution in [1.29, 1.82) is 0 Å². The molecule has 3 rings (SSSR count). The molecule has 0 spiro atoms. The highest BCUT2D eigenvalue weighted by atomic mass is 16.5. The molecule has 0 atom stereocenters. The SMILES string of the molecule is CC(=O)Oc1ccc(-c2ccc(Oc3cncc(N(C)CCN(C)C(C)=O)n3)cc2)cn1. The number of likely N-dealkylation sites (N-methyl/N-ethyl adjacent to an activating group) is 2. The molecule has 0 saturated heterocycles. The second-order valence-electron chi connectivity index (χ2n) is 7.18. The van der Waals surface area contributed by atoms with Crippen molar-refractivity contribution in [3.05, 3.63) is 55.0 Å². The van der Waals surface area contributed by atoms with E-state index in [2.05, 4.69) is 15.0 Å². The number of carbonyl (C=O) groups is 2. The number of esters is 1. The van der Waals surface area contributed by atoms with Gasteiger partial charge in [0.1, 0.15) is 5.75 Å². The molecule has 0 aliphatic heterocycles. The minimum absolute atomic E-state index is 0.0149. The van der Waals surface area contributed by atoms with Gasteiger partial charge in [-0.3, -0.25) is 14.6 Å². The Balaban J connectivity index is 1.63. The van der Waals surface area contributed by atoms with Crippen LogP contribution in [0.3, 0.4) is 0 Å². The van der Waals surface area contributed by atoms with E-state index in [9.17, 15) is 9.59 Å². The zero-order chi connectivity index (χ0) is 23.1. The van der Waals surface area contributed by atoms with Crippen LogP contribution in [-0.4, -0.2) is 58.9 Å². The second kappa shape index (κ2) is 10.3. The van der Waals surface area contributed by atoms with Gasteiger partial charge in [-0.05, 0) is 23.8 Å². The van der Waals surface area contributed by atoms with Crippen LogP contribution in [0.1, 0.15) is 13.8 Å². The Morgan fingerprint density at radius 1 is 0.875 bits per heavy atom. The van der Waals surface area contributed by atoms with Gasteiger partial charge in [0.05, 0.1) is 12.4 Å². The van der Waals surface area contributed by atoms with Crippen molar-refractivity contribution in [3.8, 4) is 28.6 Å². The molecule has 3 aromatic rings. The smallest absolute Gasteiger partial charge is 0.309 e. The Kier molecular flexibility index (Phi) is 7.33. The topological polar surface area (TPSA) is 97.8 Å². The lowest BCUT2D eigenvalue weighted by atomic mass is 10.1. The number of hydrogen-bond acceptors (Lipinski definition) is 8. The molecule has 0 radical (unpaired) electrons. The van der Waals surface area contributed by atoms with Crippen molar-refractivity contribution in [2.45, 2.75) is 13.8 Å². The highest BCUT2D eigenvalue weighted by Gasteiger charge is 2.09. The van der Waals surface area contributed by atoms with Gasteiger partial charge in [0.25, 0.3) is 0 Å². The highest BCUT2D eigenvalue weighted by molar-refractivity contribution is 5.72. The predicted molar refractivity (Wildman–Crippen MR) is 120 cm³/mol. The maximum Gasteiger partial charge on any atom is 0.309 e. The summed E-state index contributed by atoms with van der Waals surface area (Å²) in [5.41, 5.74) is 1.82. The van der Waals surface area contributed by atoms with Gasteiger partial charge in [0.15, 0.2) is 5.82 Å². The Morgan fingerprint density at radius 3 is 2.22 bits per heavy atom. The minimum Gasteiger partial charge on any atom is -0.437 e. The molecular formula is C23H25N5O4. The molecule has 0 aliphatic rings. The van der Waals surface area contributed by atoms with E-state index in [1.807, 2.05) is 42.3 Å². The van der Waals surface area contributed by atoms with Gasteiger partial charge in [-0.1, -0.05) is 12.1 Å². The molecule has 0 bridgehead atoms. The summed E-state index contributed by atoms with van der Waals surface area (Å²) in [7, 11) is 3.65. The Morgan fingerprint density at radius 2 is 1.59 bits per heavy atom. The largest absolute Gasteiger partial charge is 0.437 e. The summed E-state index contributed by atoms with van der Waals surface area (Å²) < 4.78 is 10.8. The molecule has 166 valence electrons. The molecule has 0 fully saturated rings. The lowest BCUT2D eigenvalue weighted by Crippen LogP contribution is -2.33. The average Bonchev–Trinajstić information content (AvgIpc) is 2.78. The molecule has 9 nitrogen and oxygen atoms in total. The fourth-order valence-electron chi connectivity index (χ4n) is 2.74. The number of pyridine rings is 1. The number of aromatic nitrogens is 3. The minimum atomic E-state index is -0.409. The van der Waals surface area contributed by atoms with Crippen molar-refractivity contribution in [1.82, 2.24) is 19.9 Å². The van der Waals surface area contributed by atoms with E-state index in [4.69, 9.17) is 9.47 Å². The fraction of sp³-hybridized carbons (Fsp3) is 0.261. The summed E-state index contributed by atoms with van der Waals surface area (Å²) in [5, 5.41) is 0. The predicted octanol–water partition coefficient (Wildman–Crippen LogP) is 3.17. The van der Waals surface area contributed by atoms with Gasteiger partial charge in [0.2, 0.25) is 17.7 Å². The van der Waals surface area contributed by atoms with Crippen molar-refractivity contribution in [3.63, 3.8) is 0 Å². The zero-order valence-electron chi connectivity index (χ0n) is 18.5. The van der Waals surface area contributed by atoms with Crippen molar-refractivity contribution >= 4 is 17.7 Å². The van der Waals surface area contributed by atoms with E-state index in [1.165, 1.54) is 13.8 Å². The molecule has 1 aromatic carbocycles. The molecule has 9 heteroatoms. The molecule has 2 heterocycles. The van der Waals surface area contributed by atoms with Crippen molar-refractivity contribution < 1.29 is 19.1 Å². The number of carbonyl (C=O) groups excluding carboxylic acids is 2. The van der Waals surface area contributed by atoms with Crippen LogP contribution in [0.25, 0.3) is 11.1 Å². The second-order valence-corrected chi connectivity index (χ2v) is 7.18. The Bertz CT molecular complexity index is 1070. The normalized spacial score (nSPS) is 10.4. The maximum atomic E-state index is 11.4. The summed E-state index contributed by atoms with van der Waals surface area (Å²) >= 11 is 0. The van der Waals surface area contributed by atoms with Gasteiger partial charge >= 0.3 is 5.97 Å². The third-order valence-electron chi connectivity index (χ3n) is 4.69. The first-order valence-electron chi connectivity index (χ1n) is 9.99. The van der Waals surface area contributed by atoms with E-state index in [-0.39, 0.29) is 11.8 Å². The quantitative estimate of drug-likeness (QED) is 0.498. The lowest BCUT2D eigenvalue weighted by Gasteiger charge is -2.22. The van der Waals surface area contributed by atoms with E-state index in [0.717, 1.165) is 11.1 Å². The van der Waals surface area contributed by atoms with E-state index >= 15 is 0 Å². The van der Waals surface area contributed by atoms with Crippen LogP contribution in [0, 0.1) is 0 Å². The van der Waals surface area contributed by atoms with Gasteiger partial charge in [-0.25, -0.2) is 4.98 Å². The summed E-state index contributed by atoms with van der Waals surface area (Å²) in [6.45, 7) is 4.07. The van der Waals surface area contributed by atoms with Gasteiger partial charge in [-0.15, -0.1) is 0 Å². The fourth-order valence-corrected chi connectivity index (χ4v) is 2.74. The van der Waals surface area contributed by atoms with E-state index in [0.29, 0.717) is 30.5 Å². The molecule has 0 saturated carbocycles. The molecule has 0 unspecified atom stereocenters. The summed E-state index contributed by atoms with van der Waals surface area (Å²) in [4.78, 5) is 38.7. The molecule has 32 heavy (non-hydrogen) atoms. The zero-order valence-corrected chi connectivity index (χ0v) is 18.5. The number of ether oxygens (including phenoxy) is 2. The molecule has 2 aromatic heterocycles. The molecule has 0 aliphatic carbocycles. The van der Waals surface area contributed by atoms with Crippen LogP contribution in [0.2, 0.25) is 0 Å². The third kappa shape index (κ3) is 6.24. The summed E-state index contributed by atoms with van der Waals surface area (Å²) in [6.07, 6.45) is 4.84. The highest BCUT2D eigenvalue weighted by Crippen LogP contribution is 2.26. The number of nitrogens with zero attached hydrogens (tertiary/aromatic N) is 5. The first kappa shape index (κ1) is 22.7. The van der Waals surface area contributed by atoms with Gasteiger partial charge in [0, 0.05) is 58.9 Å². The van der Waals surface area contributed by atoms with Crippen LogP contribution in [0.4, 0.5) is 5.82 Å². The van der Waals surface area contributed by atoms with Crippen LogP contribution in [0.5, 0.6) is 17.5 Å². The number of benzene rings is 1. The number of hydrogen-bond donors (Lipinski definition) is 0. The van der Waals surface area contributed by atoms with Crippen molar-refractivity contribution in [2.75, 3.05) is 32.1 Å².